The number of hydrogen-bond donors (Lipinski definition) is 1. The van der Waals surface area contributed by atoms with Crippen molar-refractivity contribution in [3.8, 4) is 0 Å². The van der Waals surface area contributed by atoms with E-state index in [1.807, 2.05) is 0 Å². The van der Waals surface area contributed by atoms with Crippen LogP contribution in [0.15, 0.2) is 42.6 Å². The fourth-order valence-electron chi connectivity index (χ4n) is 2.14. The smallest absolute Gasteiger partial charge is 0.199 e. The molecule has 0 spiro atoms. The van der Waals surface area contributed by atoms with Gasteiger partial charge in [0, 0.05) is 22.7 Å². The third kappa shape index (κ3) is 1.98. The minimum atomic E-state index is -0.682. The normalized spacial score (nSPS) is 10.9. The molecule has 0 bridgehead atoms. The molecule has 1 heterocycles. The summed E-state index contributed by atoms with van der Waals surface area (Å²) in [5, 5.41) is 0.571. The topological polar surface area (TPSA) is 32.9 Å². The molecule has 3 rings (SSSR count). The Bertz CT molecular complexity index is 806. The summed E-state index contributed by atoms with van der Waals surface area (Å²) >= 11 is 5.89. The first-order valence-electron chi connectivity index (χ1n) is 5.83. The summed E-state index contributed by atoms with van der Waals surface area (Å²) in [4.78, 5) is 15.2. The molecule has 0 saturated heterocycles. The van der Waals surface area contributed by atoms with Crippen LogP contribution in [0, 0.1) is 11.6 Å². The van der Waals surface area contributed by atoms with E-state index in [1.165, 1.54) is 42.6 Å². The van der Waals surface area contributed by atoms with Crippen molar-refractivity contribution in [3.05, 3.63) is 70.4 Å². The number of rotatable bonds is 2. The van der Waals surface area contributed by atoms with Gasteiger partial charge in [-0.15, -0.1) is 0 Å². The van der Waals surface area contributed by atoms with Gasteiger partial charge in [0.1, 0.15) is 11.6 Å². The van der Waals surface area contributed by atoms with Crippen molar-refractivity contribution in [1.29, 1.82) is 0 Å². The molecule has 100 valence electrons. The predicted octanol–water partition coefficient (Wildman–Crippen LogP) is 4.33. The third-order valence-corrected chi connectivity index (χ3v) is 3.39. The summed E-state index contributed by atoms with van der Waals surface area (Å²) < 4.78 is 26.9. The van der Waals surface area contributed by atoms with Gasteiger partial charge in [-0.2, -0.15) is 0 Å². The summed E-state index contributed by atoms with van der Waals surface area (Å²) in [7, 11) is 0. The first-order valence-corrected chi connectivity index (χ1v) is 6.21. The molecule has 3 aromatic rings. The van der Waals surface area contributed by atoms with Crippen LogP contribution in [-0.4, -0.2) is 10.8 Å². The molecule has 0 aliphatic carbocycles. The van der Waals surface area contributed by atoms with E-state index in [2.05, 4.69) is 4.98 Å². The monoisotopic (exact) mass is 291 g/mol. The second kappa shape index (κ2) is 4.72. The summed E-state index contributed by atoms with van der Waals surface area (Å²) in [6.07, 6.45) is 1.43. The van der Waals surface area contributed by atoms with Crippen molar-refractivity contribution in [2.45, 2.75) is 0 Å². The molecule has 2 aromatic carbocycles. The lowest BCUT2D eigenvalue weighted by molar-refractivity contribution is 0.103. The molecule has 0 aliphatic heterocycles. The number of halogens is 3. The van der Waals surface area contributed by atoms with Crippen molar-refractivity contribution in [2.75, 3.05) is 0 Å². The number of benzene rings is 2. The van der Waals surface area contributed by atoms with Gasteiger partial charge in [0.25, 0.3) is 0 Å². The Kier molecular flexibility index (Phi) is 3.03. The van der Waals surface area contributed by atoms with Crippen LogP contribution in [0.25, 0.3) is 10.9 Å². The molecule has 2 nitrogen and oxygen atoms in total. The zero-order chi connectivity index (χ0) is 14.3. The molecule has 0 aliphatic rings. The van der Waals surface area contributed by atoms with Crippen LogP contribution in [0.1, 0.15) is 15.9 Å². The van der Waals surface area contributed by atoms with Gasteiger partial charge >= 0.3 is 0 Å². The molecule has 0 unspecified atom stereocenters. The van der Waals surface area contributed by atoms with Crippen LogP contribution in [0.2, 0.25) is 5.02 Å². The minimum absolute atomic E-state index is 0.0476. The van der Waals surface area contributed by atoms with Gasteiger partial charge in [-0.05, 0) is 30.3 Å². The Balaban J connectivity index is 2.18. The largest absolute Gasteiger partial charge is 0.360 e. The van der Waals surface area contributed by atoms with E-state index in [0.29, 0.717) is 10.9 Å². The molecule has 20 heavy (non-hydrogen) atoms. The van der Waals surface area contributed by atoms with Crippen LogP contribution < -0.4 is 0 Å². The van der Waals surface area contributed by atoms with Gasteiger partial charge in [0.05, 0.1) is 10.6 Å². The maximum atomic E-state index is 13.8. The number of H-pyrrole nitrogens is 1. The Morgan fingerprint density at radius 1 is 1.15 bits per heavy atom. The Morgan fingerprint density at radius 3 is 2.70 bits per heavy atom. The van der Waals surface area contributed by atoms with Crippen LogP contribution in [-0.2, 0) is 0 Å². The molecule has 1 aromatic heterocycles. The number of fused-ring (bicyclic) bond motifs is 1. The highest BCUT2D eigenvalue weighted by molar-refractivity contribution is 6.35. The van der Waals surface area contributed by atoms with E-state index < -0.39 is 17.4 Å². The molecule has 1 N–H and O–H groups in total. The highest BCUT2D eigenvalue weighted by Crippen LogP contribution is 2.26. The van der Waals surface area contributed by atoms with Crippen molar-refractivity contribution >= 4 is 28.3 Å². The van der Waals surface area contributed by atoms with Crippen molar-refractivity contribution in [2.24, 2.45) is 0 Å². The van der Waals surface area contributed by atoms with Crippen LogP contribution in [0.5, 0.6) is 0 Å². The SMILES string of the molecule is O=C(c1c(F)cccc1Cl)c1c[nH]c2cc(F)ccc12. The van der Waals surface area contributed by atoms with Gasteiger partial charge in [-0.25, -0.2) is 8.78 Å². The van der Waals surface area contributed by atoms with Crippen molar-refractivity contribution < 1.29 is 13.6 Å². The van der Waals surface area contributed by atoms with Gasteiger partial charge in [0.2, 0.25) is 0 Å². The standard InChI is InChI=1S/C15H8ClF2NO/c16-11-2-1-3-12(18)14(11)15(20)10-7-19-13-6-8(17)4-5-9(10)13/h1-7,19H. The lowest BCUT2D eigenvalue weighted by atomic mass is 10.0. The second-order valence-corrected chi connectivity index (χ2v) is 4.73. The lowest BCUT2D eigenvalue weighted by Gasteiger charge is -2.04. The summed E-state index contributed by atoms with van der Waals surface area (Å²) in [5.41, 5.74) is 0.548. The van der Waals surface area contributed by atoms with Gasteiger partial charge in [-0.1, -0.05) is 17.7 Å². The molecule has 0 saturated carbocycles. The van der Waals surface area contributed by atoms with E-state index >= 15 is 0 Å². The number of carbonyl (C=O) groups is 1. The molecule has 0 atom stereocenters. The van der Waals surface area contributed by atoms with Gasteiger partial charge in [0.15, 0.2) is 5.78 Å². The number of hydrogen-bond acceptors (Lipinski definition) is 1. The molecule has 0 fully saturated rings. The summed E-state index contributed by atoms with van der Waals surface area (Å²) in [6.45, 7) is 0. The third-order valence-electron chi connectivity index (χ3n) is 3.08. The Hall–Kier alpha value is -2.20. The van der Waals surface area contributed by atoms with Crippen LogP contribution in [0.3, 0.4) is 0 Å². The first kappa shape index (κ1) is 12.8. The maximum Gasteiger partial charge on any atom is 0.199 e. The number of aromatic amines is 1. The van der Waals surface area contributed by atoms with Crippen LogP contribution >= 0.6 is 11.6 Å². The Morgan fingerprint density at radius 2 is 1.95 bits per heavy atom. The van der Waals surface area contributed by atoms with Crippen molar-refractivity contribution in [3.63, 3.8) is 0 Å². The zero-order valence-electron chi connectivity index (χ0n) is 10.1. The fourth-order valence-corrected chi connectivity index (χ4v) is 2.38. The van der Waals surface area contributed by atoms with Crippen molar-refractivity contribution in [1.82, 2.24) is 4.98 Å². The molecular weight excluding hydrogens is 284 g/mol. The van der Waals surface area contributed by atoms with E-state index in [1.54, 1.807) is 0 Å². The summed E-state index contributed by atoms with van der Waals surface area (Å²) in [6, 6.07) is 8.05. The van der Waals surface area contributed by atoms with Gasteiger partial charge < -0.3 is 4.98 Å². The average molecular weight is 292 g/mol. The maximum absolute atomic E-state index is 13.8. The number of aromatic nitrogens is 1. The van der Waals surface area contributed by atoms with E-state index in [4.69, 9.17) is 11.6 Å². The second-order valence-electron chi connectivity index (χ2n) is 4.32. The highest BCUT2D eigenvalue weighted by atomic mass is 35.5. The van der Waals surface area contributed by atoms with E-state index in [9.17, 15) is 13.6 Å². The highest BCUT2D eigenvalue weighted by Gasteiger charge is 2.20. The molecular formula is C15H8ClF2NO. The number of carbonyl (C=O) groups excluding carboxylic acids is 1. The van der Waals surface area contributed by atoms with E-state index in [0.717, 1.165) is 0 Å². The van der Waals surface area contributed by atoms with Gasteiger partial charge in [-0.3, -0.25) is 4.79 Å². The quantitative estimate of drug-likeness (QED) is 0.700. The van der Waals surface area contributed by atoms with E-state index in [-0.39, 0.29) is 16.1 Å². The lowest BCUT2D eigenvalue weighted by Crippen LogP contribution is -2.04. The average Bonchev–Trinajstić information content (AvgIpc) is 2.81. The first-order chi connectivity index (χ1) is 9.58. The molecule has 0 radical (unpaired) electrons. The molecule has 0 amide bonds. The minimum Gasteiger partial charge on any atom is -0.360 e. The summed E-state index contributed by atoms with van der Waals surface area (Å²) in [5.74, 6) is -1.63. The number of ketones is 1. The number of nitrogens with one attached hydrogen (secondary N) is 1. The molecule has 5 heteroatoms. The Labute approximate surface area is 118 Å². The predicted molar refractivity (Wildman–Crippen MR) is 73.1 cm³/mol. The van der Waals surface area contributed by atoms with Crippen LogP contribution in [0.4, 0.5) is 8.78 Å². The fraction of sp³-hybridized carbons (Fsp3) is 0. The zero-order valence-corrected chi connectivity index (χ0v) is 10.8.